The standard InChI is InChI=1S/C16H20N4O2/c1-11-8-13-14(5-2-6-15(13)19-18-11)17-16(22)20-7-3-4-12(9-20)10-21/h2,5-6,8,12,21H,3-4,7,9-10H2,1H3,(H,17,22)/t12-/m0/s1. The number of carbonyl (C=O) groups excluding carboxylic acids is 1. The number of hydrogen-bond donors (Lipinski definition) is 2. The molecule has 116 valence electrons. The minimum atomic E-state index is -0.125. The lowest BCUT2D eigenvalue weighted by Gasteiger charge is -2.31. The second-order valence-corrected chi connectivity index (χ2v) is 5.79. The molecule has 1 aromatic carbocycles. The van der Waals surface area contributed by atoms with E-state index in [1.165, 1.54) is 0 Å². The maximum atomic E-state index is 12.5. The first-order valence-corrected chi connectivity index (χ1v) is 7.57. The number of nitrogens with zero attached hydrogens (tertiary/aromatic N) is 3. The van der Waals surface area contributed by atoms with Crippen LogP contribution in [0.25, 0.3) is 10.9 Å². The normalized spacial score (nSPS) is 18.5. The lowest BCUT2D eigenvalue weighted by molar-refractivity contribution is 0.136. The predicted octanol–water partition coefficient (Wildman–Crippen LogP) is 2.17. The van der Waals surface area contributed by atoms with E-state index < -0.39 is 0 Å². The van der Waals surface area contributed by atoms with Crippen molar-refractivity contribution in [2.24, 2.45) is 5.92 Å². The molecule has 2 aromatic rings. The van der Waals surface area contributed by atoms with Gasteiger partial charge in [0.25, 0.3) is 0 Å². The largest absolute Gasteiger partial charge is 0.396 e. The number of urea groups is 1. The van der Waals surface area contributed by atoms with Gasteiger partial charge in [-0.2, -0.15) is 10.2 Å². The molecule has 2 heterocycles. The van der Waals surface area contributed by atoms with Crippen molar-refractivity contribution in [3.8, 4) is 0 Å². The molecule has 3 rings (SSSR count). The molecule has 0 radical (unpaired) electrons. The third kappa shape index (κ3) is 3.01. The summed E-state index contributed by atoms with van der Waals surface area (Å²) >= 11 is 0. The predicted molar refractivity (Wildman–Crippen MR) is 84.7 cm³/mol. The molecule has 0 saturated carbocycles. The molecule has 1 aliphatic heterocycles. The number of nitrogens with one attached hydrogen (secondary N) is 1. The molecule has 0 spiro atoms. The Labute approximate surface area is 129 Å². The monoisotopic (exact) mass is 300 g/mol. The van der Waals surface area contributed by atoms with E-state index in [-0.39, 0.29) is 18.6 Å². The molecule has 22 heavy (non-hydrogen) atoms. The average molecular weight is 300 g/mol. The Morgan fingerprint density at radius 2 is 2.32 bits per heavy atom. The van der Waals surface area contributed by atoms with E-state index in [9.17, 15) is 9.90 Å². The molecule has 0 unspecified atom stereocenters. The molecule has 6 nitrogen and oxygen atoms in total. The van der Waals surface area contributed by atoms with Crippen molar-refractivity contribution in [1.29, 1.82) is 0 Å². The van der Waals surface area contributed by atoms with Gasteiger partial charge < -0.3 is 15.3 Å². The number of likely N-dealkylation sites (tertiary alicyclic amines) is 1. The first kappa shape index (κ1) is 14.7. The number of piperidine rings is 1. The second-order valence-electron chi connectivity index (χ2n) is 5.79. The van der Waals surface area contributed by atoms with Crippen LogP contribution in [0.2, 0.25) is 0 Å². The maximum absolute atomic E-state index is 12.5. The first-order valence-electron chi connectivity index (χ1n) is 7.57. The zero-order valence-corrected chi connectivity index (χ0v) is 12.6. The molecule has 1 aromatic heterocycles. The van der Waals surface area contributed by atoms with Crippen LogP contribution in [0, 0.1) is 12.8 Å². The van der Waals surface area contributed by atoms with Gasteiger partial charge in [-0.1, -0.05) is 6.07 Å². The van der Waals surface area contributed by atoms with Crippen LogP contribution in [-0.2, 0) is 0 Å². The molecule has 1 fully saturated rings. The van der Waals surface area contributed by atoms with Crippen molar-refractivity contribution >= 4 is 22.6 Å². The molecule has 6 heteroatoms. The van der Waals surface area contributed by atoms with E-state index in [0.717, 1.165) is 41.7 Å². The Morgan fingerprint density at radius 1 is 1.45 bits per heavy atom. The number of hydrogen-bond acceptors (Lipinski definition) is 4. The van der Waals surface area contributed by atoms with Gasteiger partial charge in [-0.25, -0.2) is 4.79 Å². The fourth-order valence-electron chi connectivity index (χ4n) is 2.86. The number of amides is 2. The van der Waals surface area contributed by atoms with E-state index in [1.807, 2.05) is 31.2 Å². The van der Waals surface area contributed by atoms with E-state index >= 15 is 0 Å². The van der Waals surface area contributed by atoms with Gasteiger partial charge in [0, 0.05) is 25.1 Å². The van der Waals surface area contributed by atoms with Gasteiger partial charge >= 0.3 is 6.03 Å². The quantitative estimate of drug-likeness (QED) is 0.891. The molecular formula is C16H20N4O2. The topological polar surface area (TPSA) is 78.4 Å². The lowest BCUT2D eigenvalue weighted by Crippen LogP contribution is -2.43. The van der Waals surface area contributed by atoms with Crippen molar-refractivity contribution in [3.63, 3.8) is 0 Å². The molecule has 2 N–H and O–H groups in total. The fraction of sp³-hybridized carbons (Fsp3) is 0.438. The summed E-state index contributed by atoms with van der Waals surface area (Å²) in [5.41, 5.74) is 2.31. The highest BCUT2D eigenvalue weighted by Gasteiger charge is 2.23. The number of aliphatic hydroxyl groups excluding tert-OH is 1. The van der Waals surface area contributed by atoms with Crippen LogP contribution in [0.3, 0.4) is 0 Å². The van der Waals surface area contributed by atoms with Gasteiger partial charge in [0.15, 0.2) is 0 Å². The number of aryl methyl sites for hydroxylation is 1. The second kappa shape index (κ2) is 6.27. The number of fused-ring (bicyclic) bond motifs is 1. The third-order valence-corrected chi connectivity index (χ3v) is 4.06. The highest BCUT2D eigenvalue weighted by atomic mass is 16.3. The van der Waals surface area contributed by atoms with E-state index in [4.69, 9.17) is 0 Å². The van der Waals surface area contributed by atoms with Gasteiger partial charge in [-0.05, 0) is 43.9 Å². The fourth-order valence-corrected chi connectivity index (χ4v) is 2.86. The highest BCUT2D eigenvalue weighted by Crippen LogP contribution is 2.23. The van der Waals surface area contributed by atoms with Crippen LogP contribution in [-0.4, -0.2) is 45.9 Å². The van der Waals surface area contributed by atoms with Crippen LogP contribution in [0.4, 0.5) is 10.5 Å². The first-order chi connectivity index (χ1) is 10.7. The van der Waals surface area contributed by atoms with E-state index in [1.54, 1.807) is 4.90 Å². The zero-order valence-electron chi connectivity index (χ0n) is 12.6. The highest BCUT2D eigenvalue weighted by molar-refractivity contribution is 6.00. The smallest absolute Gasteiger partial charge is 0.321 e. The molecule has 0 bridgehead atoms. The summed E-state index contributed by atoms with van der Waals surface area (Å²) in [5, 5.41) is 21.3. The van der Waals surface area contributed by atoms with Crippen LogP contribution in [0.15, 0.2) is 24.3 Å². The number of carbonyl (C=O) groups is 1. The van der Waals surface area contributed by atoms with E-state index in [0.29, 0.717) is 6.54 Å². The molecule has 1 aliphatic rings. The number of benzene rings is 1. The Bertz CT molecular complexity index is 689. The minimum Gasteiger partial charge on any atom is -0.396 e. The van der Waals surface area contributed by atoms with Gasteiger partial charge in [0.05, 0.1) is 16.9 Å². The van der Waals surface area contributed by atoms with Crippen molar-refractivity contribution in [2.75, 3.05) is 25.0 Å². The molecule has 2 amide bonds. The summed E-state index contributed by atoms with van der Waals surface area (Å²) < 4.78 is 0. The van der Waals surface area contributed by atoms with Gasteiger partial charge in [0.1, 0.15) is 0 Å². The number of aromatic nitrogens is 2. The van der Waals surface area contributed by atoms with Gasteiger partial charge in [0.2, 0.25) is 0 Å². The molecule has 0 aliphatic carbocycles. The summed E-state index contributed by atoms with van der Waals surface area (Å²) in [6.07, 6.45) is 1.90. The number of rotatable bonds is 2. The molecule has 1 atom stereocenters. The van der Waals surface area contributed by atoms with Gasteiger partial charge in [-0.3, -0.25) is 0 Å². The summed E-state index contributed by atoms with van der Waals surface area (Å²) in [4.78, 5) is 14.2. The summed E-state index contributed by atoms with van der Waals surface area (Å²) in [7, 11) is 0. The SMILES string of the molecule is Cc1cc2c(NC(=O)N3CCC[C@H](CO)C3)cccc2nn1. The summed E-state index contributed by atoms with van der Waals surface area (Å²) in [5.74, 6) is 0.181. The van der Waals surface area contributed by atoms with Crippen molar-refractivity contribution in [3.05, 3.63) is 30.0 Å². The van der Waals surface area contributed by atoms with Crippen LogP contribution in [0.1, 0.15) is 18.5 Å². The summed E-state index contributed by atoms with van der Waals surface area (Å²) in [6.45, 7) is 3.34. The Hall–Kier alpha value is -2.21. The van der Waals surface area contributed by atoms with Crippen LogP contribution < -0.4 is 5.32 Å². The minimum absolute atomic E-state index is 0.125. The Kier molecular flexibility index (Phi) is 4.20. The van der Waals surface area contributed by atoms with Gasteiger partial charge in [-0.15, -0.1) is 0 Å². The lowest BCUT2D eigenvalue weighted by atomic mass is 9.99. The average Bonchev–Trinajstić information content (AvgIpc) is 2.55. The zero-order chi connectivity index (χ0) is 15.5. The van der Waals surface area contributed by atoms with E-state index in [2.05, 4.69) is 15.5 Å². The number of aliphatic hydroxyl groups is 1. The van der Waals surface area contributed by atoms with Crippen molar-refractivity contribution in [1.82, 2.24) is 15.1 Å². The van der Waals surface area contributed by atoms with Crippen molar-refractivity contribution < 1.29 is 9.90 Å². The van der Waals surface area contributed by atoms with Crippen LogP contribution in [0.5, 0.6) is 0 Å². The van der Waals surface area contributed by atoms with Crippen molar-refractivity contribution in [2.45, 2.75) is 19.8 Å². The Morgan fingerprint density at radius 3 is 3.14 bits per heavy atom. The van der Waals surface area contributed by atoms with Crippen LogP contribution >= 0.6 is 0 Å². The number of anilines is 1. The summed E-state index contributed by atoms with van der Waals surface area (Å²) in [6, 6.07) is 7.40. The molecular weight excluding hydrogens is 280 g/mol. The third-order valence-electron chi connectivity index (χ3n) is 4.06. The maximum Gasteiger partial charge on any atom is 0.321 e. The molecule has 1 saturated heterocycles. The Balaban J connectivity index is 1.80.